The molecule has 0 aliphatic rings. The lowest BCUT2D eigenvalue weighted by Crippen LogP contribution is -1.92. The molecule has 3 aromatic rings. The summed E-state index contributed by atoms with van der Waals surface area (Å²) >= 11 is 0. The highest BCUT2D eigenvalue weighted by atomic mass is 19.1. The molecule has 3 heteroatoms. The number of hydrogen-bond donors (Lipinski definition) is 0. The number of fused-ring (bicyclic) bond motifs is 1. The van der Waals surface area contributed by atoms with Gasteiger partial charge in [0.15, 0.2) is 0 Å². The second-order valence-electron chi connectivity index (χ2n) is 4.00. The third-order valence-corrected chi connectivity index (χ3v) is 2.66. The van der Waals surface area contributed by atoms with Gasteiger partial charge in [0.1, 0.15) is 29.5 Å². The average molecular weight is 242 g/mol. The molecular formula is C15H11FO2. The Balaban J connectivity index is 1.79. The van der Waals surface area contributed by atoms with Crippen LogP contribution in [0.15, 0.2) is 59.0 Å². The minimum absolute atomic E-state index is 0.299. The Morgan fingerprint density at radius 3 is 2.67 bits per heavy atom. The first-order valence-electron chi connectivity index (χ1n) is 5.67. The van der Waals surface area contributed by atoms with Crippen LogP contribution in [0, 0.1) is 5.82 Å². The van der Waals surface area contributed by atoms with E-state index in [1.165, 1.54) is 12.1 Å². The average Bonchev–Trinajstić information content (AvgIpc) is 2.79. The molecule has 0 fully saturated rings. The van der Waals surface area contributed by atoms with Crippen molar-refractivity contribution in [2.24, 2.45) is 0 Å². The van der Waals surface area contributed by atoms with Gasteiger partial charge in [0.05, 0.1) is 0 Å². The van der Waals surface area contributed by atoms with Crippen LogP contribution in [0.25, 0.3) is 11.0 Å². The Bertz CT molecular complexity index is 659. The van der Waals surface area contributed by atoms with Crippen molar-refractivity contribution in [3.8, 4) is 5.75 Å². The van der Waals surface area contributed by atoms with Gasteiger partial charge < -0.3 is 9.15 Å². The molecule has 3 rings (SSSR count). The maximum absolute atomic E-state index is 13.0. The quantitative estimate of drug-likeness (QED) is 0.688. The van der Waals surface area contributed by atoms with Gasteiger partial charge >= 0.3 is 0 Å². The maximum Gasteiger partial charge on any atom is 0.146 e. The maximum atomic E-state index is 13.0. The first-order valence-corrected chi connectivity index (χ1v) is 5.67. The Kier molecular flexibility index (Phi) is 2.73. The van der Waals surface area contributed by atoms with Crippen LogP contribution < -0.4 is 4.74 Å². The SMILES string of the molecule is Fc1ccc2cc(COc3ccccc3)oc2c1. The van der Waals surface area contributed by atoms with Crippen molar-refractivity contribution in [2.75, 3.05) is 0 Å². The summed E-state index contributed by atoms with van der Waals surface area (Å²) in [5.41, 5.74) is 0.543. The molecule has 0 aliphatic heterocycles. The molecule has 90 valence electrons. The Labute approximate surface area is 104 Å². The summed E-state index contributed by atoms with van der Waals surface area (Å²) in [6, 6.07) is 15.8. The molecule has 0 saturated carbocycles. The summed E-state index contributed by atoms with van der Waals surface area (Å²) in [5, 5.41) is 0.878. The van der Waals surface area contributed by atoms with Crippen LogP contribution in [0.3, 0.4) is 0 Å². The van der Waals surface area contributed by atoms with Gasteiger partial charge in [0.25, 0.3) is 0 Å². The Morgan fingerprint density at radius 1 is 1.00 bits per heavy atom. The Morgan fingerprint density at radius 2 is 1.83 bits per heavy atom. The molecule has 1 heterocycles. The van der Waals surface area contributed by atoms with E-state index in [9.17, 15) is 4.39 Å². The van der Waals surface area contributed by atoms with E-state index in [-0.39, 0.29) is 5.82 Å². The van der Waals surface area contributed by atoms with Gasteiger partial charge in [-0.15, -0.1) is 0 Å². The van der Waals surface area contributed by atoms with Gasteiger partial charge in [-0.25, -0.2) is 4.39 Å². The first kappa shape index (κ1) is 10.8. The van der Waals surface area contributed by atoms with Crippen molar-refractivity contribution >= 4 is 11.0 Å². The Hall–Kier alpha value is -2.29. The number of benzene rings is 2. The molecule has 0 atom stereocenters. The summed E-state index contributed by atoms with van der Waals surface area (Å²) < 4.78 is 24.1. The van der Waals surface area contributed by atoms with Crippen molar-refractivity contribution < 1.29 is 13.5 Å². The number of furan rings is 1. The molecule has 0 unspecified atom stereocenters. The van der Waals surface area contributed by atoms with Crippen LogP contribution in [0.5, 0.6) is 5.75 Å². The molecule has 2 aromatic carbocycles. The second-order valence-corrected chi connectivity index (χ2v) is 4.00. The third-order valence-electron chi connectivity index (χ3n) is 2.66. The van der Waals surface area contributed by atoms with E-state index in [4.69, 9.17) is 9.15 Å². The normalized spacial score (nSPS) is 10.7. The van der Waals surface area contributed by atoms with E-state index in [1.54, 1.807) is 6.07 Å². The number of para-hydroxylation sites is 1. The molecule has 0 bridgehead atoms. The lowest BCUT2D eigenvalue weighted by Gasteiger charge is -2.02. The summed E-state index contributed by atoms with van der Waals surface area (Å²) in [7, 11) is 0. The molecule has 1 aromatic heterocycles. The largest absolute Gasteiger partial charge is 0.486 e. The number of halogens is 1. The fourth-order valence-corrected chi connectivity index (χ4v) is 1.80. The second kappa shape index (κ2) is 4.53. The molecule has 0 N–H and O–H groups in total. The minimum Gasteiger partial charge on any atom is -0.486 e. The standard InChI is InChI=1S/C15H11FO2/c16-12-7-6-11-8-14(18-15(11)9-12)10-17-13-4-2-1-3-5-13/h1-9H,10H2. The van der Waals surface area contributed by atoms with E-state index < -0.39 is 0 Å². The van der Waals surface area contributed by atoms with E-state index in [1.807, 2.05) is 36.4 Å². The monoisotopic (exact) mass is 242 g/mol. The third kappa shape index (κ3) is 2.20. The highest BCUT2D eigenvalue weighted by Crippen LogP contribution is 2.21. The molecule has 18 heavy (non-hydrogen) atoms. The van der Waals surface area contributed by atoms with Crippen LogP contribution in [0.1, 0.15) is 5.76 Å². The van der Waals surface area contributed by atoms with Gasteiger partial charge in [-0.1, -0.05) is 18.2 Å². The van der Waals surface area contributed by atoms with Crippen LogP contribution in [0.4, 0.5) is 4.39 Å². The van der Waals surface area contributed by atoms with Gasteiger partial charge in [0.2, 0.25) is 0 Å². The number of ether oxygens (including phenoxy) is 1. The molecule has 2 nitrogen and oxygen atoms in total. The summed E-state index contributed by atoms with van der Waals surface area (Å²) in [5.74, 6) is 1.16. The van der Waals surface area contributed by atoms with Crippen LogP contribution in [-0.2, 0) is 6.61 Å². The van der Waals surface area contributed by atoms with Gasteiger partial charge in [-0.3, -0.25) is 0 Å². The van der Waals surface area contributed by atoms with Crippen molar-refractivity contribution in [1.29, 1.82) is 0 Å². The smallest absolute Gasteiger partial charge is 0.146 e. The molecule has 0 radical (unpaired) electrons. The zero-order chi connectivity index (χ0) is 12.4. The zero-order valence-corrected chi connectivity index (χ0v) is 9.60. The predicted molar refractivity (Wildman–Crippen MR) is 66.9 cm³/mol. The molecule has 0 spiro atoms. The predicted octanol–water partition coefficient (Wildman–Crippen LogP) is 4.15. The number of rotatable bonds is 3. The summed E-state index contributed by atoms with van der Waals surface area (Å²) in [4.78, 5) is 0. The van der Waals surface area contributed by atoms with Crippen molar-refractivity contribution in [2.45, 2.75) is 6.61 Å². The van der Waals surface area contributed by atoms with E-state index in [0.717, 1.165) is 11.1 Å². The van der Waals surface area contributed by atoms with Crippen LogP contribution >= 0.6 is 0 Å². The molecule has 0 aliphatic carbocycles. The molecular weight excluding hydrogens is 231 g/mol. The fraction of sp³-hybridized carbons (Fsp3) is 0.0667. The van der Waals surface area contributed by atoms with Crippen molar-refractivity contribution in [3.63, 3.8) is 0 Å². The number of hydrogen-bond acceptors (Lipinski definition) is 2. The van der Waals surface area contributed by atoms with Crippen molar-refractivity contribution in [3.05, 3.63) is 66.2 Å². The van der Waals surface area contributed by atoms with Crippen LogP contribution in [0.2, 0.25) is 0 Å². The minimum atomic E-state index is -0.299. The van der Waals surface area contributed by atoms with Crippen molar-refractivity contribution in [1.82, 2.24) is 0 Å². The summed E-state index contributed by atoms with van der Waals surface area (Å²) in [6.45, 7) is 0.334. The van der Waals surface area contributed by atoms with Gasteiger partial charge in [-0.2, -0.15) is 0 Å². The van der Waals surface area contributed by atoms with E-state index >= 15 is 0 Å². The van der Waals surface area contributed by atoms with Gasteiger partial charge in [-0.05, 0) is 30.3 Å². The van der Waals surface area contributed by atoms with E-state index in [2.05, 4.69) is 0 Å². The first-order chi connectivity index (χ1) is 8.81. The summed E-state index contributed by atoms with van der Waals surface area (Å²) in [6.07, 6.45) is 0. The zero-order valence-electron chi connectivity index (χ0n) is 9.60. The highest BCUT2D eigenvalue weighted by molar-refractivity contribution is 5.77. The highest BCUT2D eigenvalue weighted by Gasteiger charge is 2.05. The fourth-order valence-electron chi connectivity index (χ4n) is 1.80. The topological polar surface area (TPSA) is 22.4 Å². The van der Waals surface area contributed by atoms with Crippen LogP contribution in [-0.4, -0.2) is 0 Å². The molecule has 0 amide bonds. The molecule has 0 saturated heterocycles. The van der Waals surface area contributed by atoms with Gasteiger partial charge in [0, 0.05) is 11.5 Å². The van der Waals surface area contributed by atoms with E-state index in [0.29, 0.717) is 18.0 Å². The lowest BCUT2D eigenvalue weighted by molar-refractivity contribution is 0.274. The lowest BCUT2D eigenvalue weighted by atomic mass is 10.2.